The van der Waals surface area contributed by atoms with Gasteiger partial charge in [0, 0.05) is 45.1 Å². The number of aromatic nitrogens is 1. The first-order valence-corrected chi connectivity index (χ1v) is 9.00. The van der Waals surface area contributed by atoms with Crippen LogP contribution in [0.5, 0.6) is 0 Å². The van der Waals surface area contributed by atoms with Crippen molar-refractivity contribution in [2.75, 3.05) is 32.7 Å². The van der Waals surface area contributed by atoms with Crippen molar-refractivity contribution in [3.63, 3.8) is 0 Å². The quantitative estimate of drug-likeness (QED) is 0.606. The topological polar surface area (TPSA) is 111 Å². The fourth-order valence-corrected chi connectivity index (χ4v) is 3.19. The Hall–Kier alpha value is -2.74. The van der Waals surface area contributed by atoms with Crippen molar-refractivity contribution in [2.45, 2.75) is 19.3 Å². The van der Waals surface area contributed by atoms with Crippen molar-refractivity contribution in [3.05, 3.63) is 42.2 Å². The zero-order valence-corrected chi connectivity index (χ0v) is 15.2. The molecule has 8 heteroatoms. The lowest BCUT2D eigenvalue weighted by atomic mass is 9.94. The van der Waals surface area contributed by atoms with Gasteiger partial charge in [-0.15, -0.1) is 0 Å². The van der Waals surface area contributed by atoms with E-state index in [0.29, 0.717) is 5.56 Å². The summed E-state index contributed by atoms with van der Waals surface area (Å²) < 4.78 is 0. The van der Waals surface area contributed by atoms with E-state index in [1.807, 2.05) is 17.0 Å². The van der Waals surface area contributed by atoms with Gasteiger partial charge in [0.2, 0.25) is 0 Å². The minimum Gasteiger partial charge on any atom is -0.473 e. The average molecular weight is 375 g/mol. The molecule has 1 unspecified atom stereocenters. The van der Waals surface area contributed by atoms with Crippen molar-refractivity contribution in [1.29, 1.82) is 0 Å². The Morgan fingerprint density at radius 1 is 1.07 bits per heavy atom. The molecule has 2 aliphatic rings. The third kappa shape index (κ3) is 6.82. The highest BCUT2D eigenvalue weighted by atomic mass is 16.4. The highest BCUT2D eigenvalue weighted by Gasteiger charge is 2.23. The van der Waals surface area contributed by atoms with E-state index in [0.717, 1.165) is 32.1 Å². The fourth-order valence-electron chi connectivity index (χ4n) is 3.19. The number of nitrogens with zero attached hydrogens (tertiary/aromatic N) is 3. The molecule has 0 spiro atoms. The number of carbonyl (C=O) groups is 3. The van der Waals surface area contributed by atoms with E-state index < -0.39 is 11.9 Å². The van der Waals surface area contributed by atoms with Crippen LogP contribution in [0.4, 0.5) is 0 Å². The normalized spacial score (nSPS) is 19.7. The lowest BCUT2D eigenvalue weighted by Gasteiger charge is -2.36. The van der Waals surface area contributed by atoms with Gasteiger partial charge < -0.3 is 15.1 Å². The number of hydrogen-bond donors (Lipinski definition) is 2. The maximum absolute atomic E-state index is 12.4. The molecule has 1 fully saturated rings. The van der Waals surface area contributed by atoms with Crippen LogP contribution in [0.15, 0.2) is 36.7 Å². The van der Waals surface area contributed by atoms with Crippen molar-refractivity contribution in [1.82, 2.24) is 14.8 Å². The van der Waals surface area contributed by atoms with Gasteiger partial charge in [-0.2, -0.15) is 0 Å². The van der Waals surface area contributed by atoms with Gasteiger partial charge in [0.15, 0.2) is 0 Å². The highest BCUT2D eigenvalue weighted by Crippen LogP contribution is 2.20. The molecule has 1 amide bonds. The monoisotopic (exact) mass is 375 g/mol. The van der Waals surface area contributed by atoms with Crippen LogP contribution in [0.2, 0.25) is 0 Å². The van der Waals surface area contributed by atoms with Gasteiger partial charge in [-0.05, 0) is 37.3 Å². The lowest BCUT2D eigenvalue weighted by Crippen LogP contribution is -2.49. The standard InChI is InChI=1S/C17H23N3O.C2H2O4/c21-17(16-7-4-8-18-13-16)20-11-9-19(10-12-20)14-15-5-2-1-3-6-15;3-1(4)2(5)6/h1-2,4,7-8,13,15H,3,5-6,9-12,14H2;(H,3,4)(H,5,6). The number of pyridine rings is 1. The summed E-state index contributed by atoms with van der Waals surface area (Å²) in [5, 5.41) is 14.8. The Morgan fingerprint density at radius 2 is 1.78 bits per heavy atom. The number of carbonyl (C=O) groups excluding carboxylic acids is 1. The Morgan fingerprint density at radius 3 is 2.30 bits per heavy atom. The largest absolute Gasteiger partial charge is 0.473 e. The zero-order valence-electron chi connectivity index (χ0n) is 15.2. The van der Waals surface area contributed by atoms with E-state index in [1.54, 1.807) is 12.4 Å². The number of carboxylic acids is 2. The van der Waals surface area contributed by atoms with E-state index in [2.05, 4.69) is 22.0 Å². The summed E-state index contributed by atoms with van der Waals surface area (Å²) in [6, 6.07) is 3.66. The van der Waals surface area contributed by atoms with Gasteiger partial charge in [-0.25, -0.2) is 9.59 Å². The number of allylic oxidation sites excluding steroid dienone is 2. The SMILES string of the molecule is O=C(O)C(=O)O.O=C(c1cccnc1)N1CCN(CC2CC=CCC2)CC1. The second-order valence-electron chi connectivity index (χ2n) is 6.60. The predicted octanol–water partition coefficient (Wildman–Crippen LogP) is 1.35. The molecule has 0 bridgehead atoms. The van der Waals surface area contributed by atoms with E-state index in [9.17, 15) is 4.79 Å². The highest BCUT2D eigenvalue weighted by molar-refractivity contribution is 6.27. The van der Waals surface area contributed by atoms with Crippen LogP contribution in [0.3, 0.4) is 0 Å². The van der Waals surface area contributed by atoms with Crippen molar-refractivity contribution in [3.8, 4) is 0 Å². The molecule has 1 saturated heterocycles. The first kappa shape index (κ1) is 20.6. The number of rotatable bonds is 3. The summed E-state index contributed by atoms with van der Waals surface area (Å²) in [7, 11) is 0. The van der Waals surface area contributed by atoms with Crippen LogP contribution in [-0.4, -0.2) is 75.6 Å². The fraction of sp³-hybridized carbons (Fsp3) is 0.474. The van der Waals surface area contributed by atoms with E-state index in [-0.39, 0.29) is 5.91 Å². The molecule has 0 aromatic carbocycles. The van der Waals surface area contributed by atoms with E-state index in [4.69, 9.17) is 19.8 Å². The third-order valence-electron chi connectivity index (χ3n) is 4.65. The summed E-state index contributed by atoms with van der Waals surface area (Å²) in [6.07, 6.45) is 11.7. The molecule has 1 atom stereocenters. The van der Waals surface area contributed by atoms with Gasteiger partial charge in [0.25, 0.3) is 5.91 Å². The average Bonchev–Trinajstić information content (AvgIpc) is 2.70. The maximum Gasteiger partial charge on any atom is 0.414 e. The molecule has 2 heterocycles. The van der Waals surface area contributed by atoms with Crippen molar-refractivity contribution in [2.24, 2.45) is 5.92 Å². The molecule has 1 aromatic rings. The summed E-state index contributed by atoms with van der Waals surface area (Å²) in [6.45, 7) is 4.82. The first-order valence-electron chi connectivity index (χ1n) is 9.00. The zero-order chi connectivity index (χ0) is 19.6. The molecule has 0 radical (unpaired) electrons. The van der Waals surface area contributed by atoms with Crippen molar-refractivity contribution < 1.29 is 24.6 Å². The third-order valence-corrected chi connectivity index (χ3v) is 4.65. The smallest absolute Gasteiger partial charge is 0.414 e. The van der Waals surface area contributed by atoms with Gasteiger partial charge >= 0.3 is 11.9 Å². The van der Waals surface area contributed by atoms with Crippen molar-refractivity contribution >= 4 is 17.8 Å². The lowest BCUT2D eigenvalue weighted by molar-refractivity contribution is -0.159. The van der Waals surface area contributed by atoms with Crippen LogP contribution in [0.25, 0.3) is 0 Å². The molecule has 8 nitrogen and oxygen atoms in total. The molecule has 0 saturated carbocycles. The number of piperazine rings is 1. The minimum absolute atomic E-state index is 0.114. The number of amides is 1. The Bertz CT molecular complexity index is 657. The molecule has 146 valence electrons. The number of aliphatic carboxylic acids is 2. The summed E-state index contributed by atoms with van der Waals surface area (Å²) in [5.74, 6) is -2.73. The number of carboxylic acid groups (broad SMARTS) is 2. The molecular formula is C19H25N3O5. The summed E-state index contributed by atoms with van der Waals surface area (Å²) in [4.78, 5) is 39.0. The van der Waals surface area contributed by atoms with Gasteiger partial charge in [0.05, 0.1) is 5.56 Å². The maximum atomic E-state index is 12.4. The van der Waals surface area contributed by atoms with E-state index >= 15 is 0 Å². The Balaban J connectivity index is 0.000000380. The second kappa shape index (κ2) is 10.4. The van der Waals surface area contributed by atoms with Crippen LogP contribution in [0, 0.1) is 5.92 Å². The molecule has 2 N–H and O–H groups in total. The van der Waals surface area contributed by atoms with Gasteiger partial charge in [0.1, 0.15) is 0 Å². The predicted molar refractivity (Wildman–Crippen MR) is 98.3 cm³/mol. The second-order valence-corrected chi connectivity index (χ2v) is 6.60. The van der Waals surface area contributed by atoms with Crippen LogP contribution < -0.4 is 0 Å². The molecule has 27 heavy (non-hydrogen) atoms. The van der Waals surface area contributed by atoms with Gasteiger partial charge in [-0.3, -0.25) is 14.7 Å². The molecule has 1 aliphatic carbocycles. The summed E-state index contributed by atoms with van der Waals surface area (Å²) >= 11 is 0. The van der Waals surface area contributed by atoms with E-state index in [1.165, 1.54) is 25.8 Å². The number of hydrogen-bond acceptors (Lipinski definition) is 5. The molecular weight excluding hydrogens is 350 g/mol. The first-order chi connectivity index (χ1) is 13.0. The molecule has 1 aliphatic heterocycles. The van der Waals surface area contributed by atoms with Crippen LogP contribution in [0.1, 0.15) is 29.6 Å². The van der Waals surface area contributed by atoms with Gasteiger partial charge in [-0.1, -0.05) is 12.2 Å². The Kier molecular flexibility index (Phi) is 7.94. The molecule has 3 rings (SSSR count). The Labute approximate surface area is 158 Å². The minimum atomic E-state index is -1.82. The van der Waals surface area contributed by atoms with Crippen LogP contribution >= 0.6 is 0 Å². The summed E-state index contributed by atoms with van der Waals surface area (Å²) in [5.41, 5.74) is 0.698. The van der Waals surface area contributed by atoms with Crippen LogP contribution in [-0.2, 0) is 9.59 Å². The molecule has 1 aromatic heterocycles.